The molecule has 0 atom stereocenters. The number of rotatable bonds is 0. The molecule has 0 unspecified atom stereocenters. The summed E-state index contributed by atoms with van der Waals surface area (Å²) >= 11 is 0.302. The van der Waals surface area contributed by atoms with Gasteiger partial charge < -0.3 is 5.48 Å². The molecule has 3 nitrogen and oxygen atoms in total. The van der Waals surface area contributed by atoms with E-state index in [2.05, 4.69) is 0 Å². The molecule has 0 rings (SSSR count). The van der Waals surface area contributed by atoms with Crippen LogP contribution in [0.4, 0.5) is 0 Å². The first-order valence-electron chi connectivity index (χ1n) is 0.812. The van der Waals surface area contributed by atoms with E-state index in [-0.39, 0.29) is 24.3 Å². The molecule has 0 radical (unpaired) electrons. The average molecular weight is 116 g/mol. The summed E-state index contributed by atoms with van der Waals surface area (Å²) in [6.45, 7) is 0. The minimum atomic E-state index is -1.98. The normalized spacial score (nSPS) is 4.00. The maximum absolute atomic E-state index is 9.10. The SMILES string of the molecule is O=[P](=O)[AlH2].[Li+].[OH-]. The Kier molecular flexibility index (Phi) is 24.6. The van der Waals surface area contributed by atoms with Crippen LogP contribution in [0.2, 0.25) is 0 Å². The van der Waals surface area contributed by atoms with Gasteiger partial charge in [0.2, 0.25) is 0 Å². The Bertz CT molecular complexity index is 59.2. The molecule has 0 saturated carbocycles. The van der Waals surface area contributed by atoms with Crippen LogP contribution in [-0.2, 0) is 9.13 Å². The van der Waals surface area contributed by atoms with Gasteiger partial charge in [-0.2, -0.15) is 0 Å². The van der Waals surface area contributed by atoms with Crippen LogP contribution in [0, 0.1) is 0 Å². The van der Waals surface area contributed by atoms with E-state index in [9.17, 15) is 0 Å². The van der Waals surface area contributed by atoms with Crippen LogP contribution in [0.3, 0.4) is 0 Å². The topological polar surface area (TPSA) is 64.1 Å². The van der Waals surface area contributed by atoms with Gasteiger partial charge in [0.25, 0.3) is 0 Å². The zero-order valence-electron chi connectivity index (χ0n) is 3.71. The third-order valence-electron chi connectivity index (χ3n) is 0. The Hall–Kier alpha value is 0.990. The summed E-state index contributed by atoms with van der Waals surface area (Å²) in [7, 11) is 0. The molecule has 1 N–H and O–H groups in total. The van der Waals surface area contributed by atoms with E-state index in [1.165, 1.54) is 0 Å². The second-order valence-corrected chi connectivity index (χ2v) is 3.51. The van der Waals surface area contributed by atoms with Crippen LogP contribution in [-0.4, -0.2) is 21.3 Å². The van der Waals surface area contributed by atoms with Crippen LogP contribution in [0.1, 0.15) is 0 Å². The molecule has 0 aromatic carbocycles. The molecule has 0 amide bonds. The Morgan fingerprint density at radius 2 is 1.33 bits per heavy atom. The van der Waals surface area contributed by atoms with Gasteiger partial charge in [0, 0.05) is 0 Å². The summed E-state index contributed by atoms with van der Waals surface area (Å²) in [6.07, 6.45) is -1.98. The van der Waals surface area contributed by atoms with Crippen LogP contribution in [0.5, 0.6) is 0 Å². The molecule has 6 heteroatoms. The van der Waals surface area contributed by atoms with Gasteiger partial charge in [-0.15, -0.1) is 0 Å². The number of hydrogen-bond acceptors (Lipinski definition) is 3. The monoisotopic (exact) mass is 116 g/mol. The Morgan fingerprint density at radius 3 is 1.33 bits per heavy atom. The van der Waals surface area contributed by atoms with Gasteiger partial charge in [0.05, 0.1) is 0 Å². The summed E-state index contributed by atoms with van der Waals surface area (Å²) in [5, 5.41) is 0. The molecule has 0 spiro atoms. The van der Waals surface area contributed by atoms with E-state index < -0.39 is 6.33 Å². The van der Waals surface area contributed by atoms with Gasteiger partial charge in [-0.05, 0) is 0 Å². The van der Waals surface area contributed by atoms with Gasteiger partial charge in [-0.1, -0.05) is 0 Å². The standard InChI is InChI=1S/Al.Li.O2P.H2O.2H/c;;1-3-2;;;/h;;;1H2;;/q;+1;;;;/p-1. The van der Waals surface area contributed by atoms with E-state index in [0.29, 0.717) is 15.8 Å². The molecule has 0 aromatic heterocycles. The minimum absolute atomic E-state index is 0. The minimum Gasteiger partial charge on any atom is -0.870 e. The number of hydrogen-bond donors (Lipinski definition) is 0. The Morgan fingerprint density at radius 1 is 1.33 bits per heavy atom. The molecule has 30 valence electrons. The van der Waals surface area contributed by atoms with Crippen molar-refractivity contribution in [3.8, 4) is 0 Å². The average Bonchev–Trinajstić information content (AvgIpc) is 0.811. The summed E-state index contributed by atoms with van der Waals surface area (Å²) in [5.41, 5.74) is 0. The zero-order valence-corrected chi connectivity index (χ0v) is 6.61. The third kappa shape index (κ3) is 81.1. The van der Waals surface area contributed by atoms with E-state index in [0.717, 1.165) is 0 Å². The van der Waals surface area contributed by atoms with E-state index in [1.54, 1.807) is 0 Å². The summed E-state index contributed by atoms with van der Waals surface area (Å²) in [5.74, 6) is 0. The fourth-order valence-corrected chi connectivity index (χ4v) is 0. The zero-order chi connectivity index (χ0) is 3.58. The molecular formula is H3AlLiO3P. The van der Waals surface area contributed by atoms with Crippen LogP contribution < -0.4 is 18.9 Å². The van der Waals surface area contributed by atoms with Gasteiger partial charge in [-0.3, -0.25) is 9.13 Å². The fourth-order valence-electron chi connectivity index (χ4n) is 0. The second kappa shape index (κ2) is 9.37. The molecule has 0 saturated heterocycles. The third-order valence-corrected chi connectivity index (χ3v) is 0. The second-order valence-electron chi connectivity index (χ2n) is 0.440. The predicted octanol–water partition coefficient (Wildman–Crippen LogP) is -3.47. The van der Waals surface area contributed by atoms with Crippen LogP contribution in [0.15, 0.2) is 0 Å². The van der Waals surface area contributed by atoms with Crippen LogP contribution >= 0.6 is 6.33 Å². The van der Waals surface area contributed by atoms with E-state index in [1.807, 2.05) is 0 Å². The van der Waals surface area contributed by atoms with E-state index in [4.69, 9.17) is 9.13 Å². The van der Waals surface area contributed by atoms with Gasteiger partial charge in [-0.25, -0.2) is 0 Å². The smallest absolute Gasteiger partial charge is 0.870 e. The molecule has 0 fully saturated rings. The van der Waals surface area contributed by atoms with Crippen molar-refractivity contribution in [1.82, 2.24) is 0 Å². The maximum atomic E-state index is 9.10. The van der Waals surface area contributed by atoms with Gasteiger partial charge in [0.15, 0.2) is 6.33 Å². The van der Waals surface area contributed by atoms with Crippen molar-refractivity contribution < 1.29 is 33.5 Å². The van der Waals surface area contributed by atoms with Crippen molar-refractivity contribution in [2.45, 2.75) is 0 Å². The quantitative estimate of drug-likeness (QED) is 0.244. The van der Waals surface area contributed by atoms with Crippen molar-refractivity contribution in [2.24, 2.45) is 0 Å². The Balaban J connectivity index is -0.0000000450. The van der Waals surface area contributed by atoms with Crippen LogP contribution in [0.25, 0.3) is 0 Å². The van der Waals surface area contributed by atoms with Crippen molar-refractivity contribution in [2.75, 3.05) is 0 Å². The first kappa shape index (κ1) is 15.8. The maximum Gasteiger partial charge on any atom is 1.00 e. The predicted molar refractivity (Wildman–Crippen MR) is 18.8 cm³/mol. The van der Waals surface area contributed by atoms with E-state index >= 15 is 0 Å². The fraction of sp³-hybridized carbons (Fsp3) is 0. The molecule has 0 aliphatic carbocycles. The van der Waals surface area contributed by atoms with Crippen molar-refractivity contribution in [3.63, 3.8) is 0 Å². The van der Waals surface area contributed by atoms with Crippen molar-refractivity contribution in [3.05, 3.63) is 0 Å². The van der Waals surface area contributed by atoms with Gasteiger partial charge >= 0.3 is 34.7 Å². The summed E-state index contributed by atoms with van der Waals surface area (Å²) in [4.78, 5) is 0. The summed E-state index contributed by atoms with van der Waals surface area (Å²) in [6, 6.07) is 0. The molecular weight excluding hydrogens is 113 g/mol. The molecule has 0 bridgehead atoms. The molecule has 6 heavy (non-hydrogen) atoms. The molecule has 0 aromatic rings. The molecule has 0 aliphatic heterocycles. The summed E-state index contributed by atoms with van der Waals surface area (Å²) < 4.78 is 18.2. The largest absolute Gasteiger partial charge is 1.00 e. The Labute approximate surface area is 55.8 Å². The van der Waals surface area contributed by atoms with Gasteiger partial charge in [0.1, 0.15) is 0 Å². The molecule has 0 aliphatic rings. The van der Waals surface area contributed by atoms with Crippen molar-refractivity contribution in [1.29, 1.82) is 0 Å². The molecule has 0 heterocycles. The first-order valence-corrected chi connectivity index (χ1v) is 5.12. The van der Waals surface area contributed by atoms with Crippen molar-refractivity contribution >= 4 is 22.2 Å². The first-order chi connectivity index (χ1) is 1.73.